The quantitative estimate of drug-likeness (QED) is 0.149. The number of rotatable bonds is 14. The smallest absolute Gasteiger partial charge is 0.338 e. The highest BCUT2D eigenvalue weighted by atomic mass is 16.7. The Morgan fingerprint density at radius 2 is 0.938 bits per heavy atom. The molecule has 0 aromatic heterocycles. The first-order chi connectivity index (χ1) is 23.5. The van der Waals surface area contributed by atoms with Crippen molar-refractivity contribution in [2.75, 3.05) is 13.2 Å². The van der Waals surface area contributed by atoms with Crippen molar-refractivity contribution in [3.63, 3.8) is 0 Å². The summed E-state index contributed by atoms with van der Waals surface area (Å²) in [4.78, 5) is 26.2. The van der Waals surface area contributed by atoms with E-state index in [1.54, 1.807) is 0 Å². The molecule has 2 saturated heterocycles. The summed E-state index contributed by atoms with van der Waals surface area (Å²) in [6, 6.07) is 16.0. The van der Waals surface area contributed by atoms with Crippen LogP contribution in [0.5, 0.6) is 0 Å². The SMILES string of the molecule is CCCCCC1CCC(c2ccc(C(=O)O[C@H]3CO[C@H]4C3OC[C@H]4OC(=O)c3ccc(C4CCC(CCCCC)CC4)cc3)cc2)CC1. The molecule has 2 aliphatic heterocycles. The summed E-state index contributed by atoms with van der Waals surface area (Å²) < 4.78 is 23.7. The number of hydrogen-bond donors (Lipinski definition) is 0. The Balaban J connectivity index is 0.934. The lowest BCUT2D eigenvalue weighted by atomic mass is 9.77. The molecule has 6 heteroatoms. The summed E-state index contributed by atoms with van der Waals surface area (Å²) in [7, 11) is 0. The largest absolute Gasteiger partial charge is 0.453 e. The topological polar surface area (TPSA) is 71.1 Å². The number of esters is 2. The lowest BCUT2D eigenvalue weighted by Crippen LogP contribution is -2.36. The molecule has 0 bridgehead atoms. The zero-order valence-corrected chi connectivity index (χ0v) is 29.4. The third-order valence-electron chi connectivity index (χ3n) is 11.8. The lowest BCUT2D eigenvalue weighted by molar-refractivity contribution is -0.0287. The molecule has 0 amide bonds. The number of ether oxygens (including phenoxy) is 4. The maximum atomic E-state index is 13.1. The van der Waals surface area contributed by atoms with Gasteiger partial charge in [-0.3, -0.25) is 0 Å². The van der Waals surface area contributed by atoms with Crippen LogP contribution in [0.25, 0.3) is 0 Å². The summed E-state index contributed by atoms with van der Waals surface area (Å²) in [5, 5.41) is 0. The van der Waals surface area contributed by atoms with E-state index in [1.807, 2.05) is 24.3 Å². The summed E-state index contributed by atoms with van der Waals surface area (Å²) in [5.74, 6) is 2.18. The van der Waals surface area contributed by atoms with Crippen LogP contribution in [0.4, 0.5) is 0 Å². The number of hydrogen-bond acceptors (Lipinski definition) is 6. The molecule has 2 aliphatic carbocycles. The second kappa shape index (κ2) is 17.3. The minimum Gasteiger partial charge on any atom is -0.453 e. The molecule has 4 aliphatic rings. The van der Waals surface area contributed by atoms with Gasteiger partial charge in [-0.05, 0) is 110 Å². The minimum atomic E-state index is -0.533. The monoisotopic (exact) mass is 658 g/mol. The van der Waals surface area contributed by atoms with Gasteiger partial charge in [-0.1, -0.05) is 89.5 Å². The summed E-state index contributed by atoms with van der Waals surface area (Å²) >= 11 is 0. The predicted molar refractivity (Wildman–Crippen MR) is 188 cm³/mol. The van der Waals surface area contributed by atoms with Gasteiger partial charge in [0.25, 0.3) is 0 Å². The summed E-state index contributed by atoms with van der Waals surface area (Å²) in [6.45, 7) is 4.99. The molecule has 0 spiro atoms. The highest BCUT2D eigenvalue weighted by molar-refractivity contribution is 5.90. The van der Waals surface area contributed by atoms with Crippen molar-refractivity contribution in [2.24, 2.45) is 11.8 Å². The number of unbranched alkanes of at least 4 members (excludes halogenated alkanes) is 4. The average Bonchev–Trinajstić information content (AvgIpc) is 3.72. The highest BCUT2D eigenvalue weighted by Gasteiger charge is 2.51. The van der Waals surface area contributed by atoms with Crippen LogP contribution in [0.15, 0.2) is 48.5 Å². The Hall–Kier alpha value is -2.70. The molecule has 4 fully saturated rings. The van der Waals surface area contributed by atoms with E-state index >= 15 is 0 Å². The zero-order chi connectivity index (χ0) is 33.3. The van der Waals surface area contributed by atoms with E-state index in [9.17, 15) is 9.59 Å². The Labute approximate surface area is 288 Å². The highest BCUT2D eigenvalue weighted by Crippen LogP contribution is 2.39. The minimum absolute atomic E-state index is 0.226. The Kier molecular flexibility index (Phi) is 12.7. The number of carbonyl (C=O) groups excluding carboxylic acids is 2. The zero-order valence-electron chi connectivity index (χ0n) is 29.4. The van der Waals surface area contributed by atoms with Crippen molar-refractivity contribution in [3.8, 4) is 0 Å². The standard InChI is InChI=1S/C42H58O6/c1-3-5-7-9-29-11-15-31(16-12-29)33-19-23-35(24-20-33)41(43)47-37-27-45-40-38(28-46-39(37)40)48-42(44)36-25-21-34(22-26-36)32-17-13-30(14-18-32)10-8-6-4-2/h19-26,29-32,37-40H,3-18,27-28H2,1-2H3/t29?,30?,31?,32?,37-,38+,39-,40?/m1/s1. The van der Waals surface area contributed by atoms with Crippen LogP contribution >= 0.6 is 0 Å². The maximum absolute atomic E-state index is 13.1. The normalized spacial score (nSPS) is 30.1. The molecular weight excluding hydrogens is 600 g/mol. The van der Waals surface area contributed by atoms with E-state index in [1.165, 1.54) is 114 Å². The van der Waals surface area contributed by atoms with Crippen molar-refractivity contribution in [1.82, 2.24) is 0 Å². The fourth-order valence-corrected chi connectivity index (χ4v) is 8.76. The van der Waals surface area contributed by atoms with E-state index in [2.05, 4.69) is 38.1 Å². The molecule has 2 aromatic carbocycles. The molecule has 0 N–H and O–H groups in total. The van der Waals surface area contributed by atoms with Crippen molar-refractivity contribution in [3.05, 3.63) is 70.8 Å². The first-order valence-electron chi connectivity index (χ1n) is 19.4. The lowest BCUT2D eigenvalue weighted by Gasteiger charge is -2.29. The molecule has 262 valence electrons. The molecule has 4 atom stereocenters. The van der Waals surface area contributed by atoms with Gasteiger partial charge in [-0.2, -0.15) is 0 Å². The van der Waals surface area contributed by atoms with Crippen molar-refractivity contribution < 1.29 is 28.5 Å². The van der Waals surface area contributed by atoms with Gasteiger partial charge in [0, 0.05) is 0 Å². The molecule has 2 heterocycles. The van der Waals surface area contributed by atoms with Gasteiger partial charge in [0.2, 0.25) is 0 Å². The fourth-order valence-electron chi connectivity index (χ4n) is 8.76. The van der Waals surface area contributed by atoms with Crippen LogP contribution in [0.2, 0.25) is 0 Å². The summed E-state index contributed by atoms with van der Waals surface area (Å²) in [6.07, 6.45) is 19.0. The average molecular weight is 659 g/mol. The Morgan fingerprint density at radius 1 is 0.562 bits per heavy atom. The van der Waals surface area contributed by atoms with Crippen LogP contribution in [0.1, 0.15) is 160 Å². The molecule has 1 unspecified atom stereocenters. The number of carbonyl (C=O) groups is 2. The molecule has 6 nitrogen and oxygen atoms in total. The molecular formula is C42H58O6. The van der Waals surface area contributed by atoms with Gasteiger partial charge in [0.1, 0.15) is 12.2 Å². The van der Waals surface area contributed by atoms with E-state index in [-0.39, 0.29) is 25.2 Å². The second-order valence-corrected chi connectivity index (χ2v) is 15.2. The van der Waals surface area contributed by atoms with E-state index in [4.69, 9.17) is 18.9 Å². The third-order valence-corrected chi connectivity index (χ3v) is 11.8. The number of fused-ring (bicyclic) bond motifs is 1. The van der Waals surface area contributed by atoms with Gasteiger partial charge in [0.15, 0.2) is 12.2 Å². The maximum Gasteiger partial charge on any atom is 0.338 e. The second-order valence-electron chi connectivity index (χ2n) is 15.2. The van der Waals surface area contributed by atoms with Gasteiger partial charge in [0.05, 0.1) is 24.3 Å². The van der Waals surface area contributed by atoms with E-state index in [0.29, 0.717) is 23.0 Å². The van der Waals surface area contributed by atoms with Crippen molar-refractivity contribution in [1.29, 1.82) is 0 Å². The third kappa shape index (κ3) is 8.90. The first-order valence-corrected chi connectivity index (χ1v) is 19.4. The molecule has 48 heavy (non-hydrogen) atoms. The number of benzene rings is 2. The van der Waals surface area contributed by atoms with Crippen LogP contribution < -0.4 is 0 Å². The first kappa shape index (κ1) is 35.1. The van der Waals surface area contributed by atoms with Gasteiger partial charge < -0.3 is 18.9 Å². The van der Waals surface area contributed by atoms with Crippen molar-refractivity contribution in [2.45, 2.75) is 153 Å². The van der Waals surface area contributed by atoms with Gasteiger partial charge in [-0.15, -0.1) is 0 Å². The van der Waals surface area contributed by atoms with Gasteiger partial charge >= 0.3 is 11.9 Å². The van der Waals surface area contributed by atoms with E-state index in [0.717, 1.165) is 11.8 Å². The van der Waals surface area contributed by atoms with Crippen LogP contribution in [0, 0.1) is 11.8 Å². The Bertz CT molecular complexity index is 1190. The molecule has 6 rings (SSSR count). The van der Waals surface area contributed by atoms with Crippen LogP contribution in [0.3, 0.4) is 0 Å². The molecule has 2 saturated carbocycles. The van der Waals surface area contributed by atoms with Gasteiger partial charge in [-0.25, -0.2) is 9.59 Å². The predicted octanol–water partition coefficient (Wildman–Crippen LogP) is 9.94. The van der Waals surface area contributed by atoms with E-state index < -0.39 is 24.4 Å². The fraction of sp³-hybridized carbons (Fsp3) is 0.667. The summed E-state index contributed by atoms with van der Waals surface area (Å²) in [5.41, 5.74) is 3.72. The molecule has 0 radical (unpaired) electrons. The Morgan fingerprint density at radius 3 is 1.29 bits per heavy atom. The molecule has 2 aromatic rings. The van der Waals surface area contributed by atoms with Crippen molar-refractivity contribution >= 4 is 11.9 Å². The van der Waals surface area contributed by atoms with Crippen LogP contribution in [-0.2, 0) is 18.9 Å². The van der Waals surface area contributed by atoms with Crippen LogP contribution in [-0.4, -0.2) is 49.6 Å².